The highest BCUT2D eigenvalue weighted by molar-refractivity contribution is 7.15. The van der Waals surface area contributed by atoms with Crippen LogP contribution in [0.2, 0.25) is 0 Å². The summed E-state index contributed by atoms with van der Waals surface area (Å²) in [5, 5.41) is 4.53. The topological polar surface area (TPSA) is 46.6 Å². The number of aromatic nitrogens is 1. The number of rotatable bonds is 10. The number of hydrogen-bond acceptors (Lipinski definition) is 6. The first-order valence-electron chi connectivity index (χ1n) is 7.24. The van der Waals surface area contributed by atoms with Gasteiger partial charge in [0, 0.05) is 44.8 Å². The minimum Gasteiger partial charge on any atom is -0.383 e. The molecule has 0 spiro atoms. The van der Waals surface area contributed by atoms with Crippen molar-refractivity contribution in [1.82, 2.24) is 10.3 Å². The predicted molar refractivity (Wildman–Crippen MR) is 82.5 cm³/mol. The van der Waals surface area contributed by atoms with Crippen LogP contribution < -0.4 is 10.2 Å². The van der Waals surface area contributed by atoms with Crippen LogP contribution in [0.15, 0.2) is 0 Å². The van der Waals surface area contributed by atoms with Crippen LogP contribution in [0.5, 0.6) is 0 Å². The van der Waals surface area contributed by atoms with Crippen LogP contribution in [0, 0.1) is 0 Å². The molecule has 0 aliphatic heterocycles. The molecular weight excluding hydrogens is 274 g/mol. The van der Waals surface area contributed by atoms with Crippen LogP contribution in [0.25, 0.3) is 0 Å². The lowest BCUT2D eigenvalue weighted by molar-refractivity contribution is 0.181. The monoisotopic (exact) mass is 299 g/mol. The maximum Gasteiger partial charge on any atom is 0.186 e. The molecule has 114 valence electrons. The third-order valence-electron chi connectivity index (χ3n) is 3.39. The van der Waals surface area contributed by atoms with Crippen LogP contribution in [-0.4, -0.2) is 44.9 Å². The van der Waals surface area contributed by atoms with Crippen LogP contribution in [-0.2, 0) is 22.6 Å². The summed E-state index contributed by atoms with van der Waals surface area (Å²) in [6, 6.07) is 0.704. The first-order chi connectivity index (χ1) is 9.80. The lowest BCUT2D eigenvalue weighted by atomic mass is 10.3. The Morgan fingerprint density at radius 3 is 2.75 bits per heavy atom. The highest BCUT2D eigenvalue weighted by Crippen LogP contribution is 2.35. The lowest BCUT2D eigenvalue weighted by Gasteiger charge is -2.18. The van der Waals surface area contributed by atoms with Crippen molar-refractivity contribution in [3.8, 4) is 0 Å². The van der Waals surface area contributed by atoms with E-state index in [9.17, 15) is 0 Å². The number of thiazole rings is 1. The average Bonchev–Trinajstić information content (AvgIpc) is 3.20. The molecule has 5 nitrogen and oxygen atoms in total. The van der Waals surface area contributed by atoms with E-state index in [1.807, 2.05) is 0 Å². The van der Waals surface area contributed by atoms with Crippen molar-refractivity contribution in [3.05, 3.63) is 10.6 Å². The van der Waals surface area contributed by atoms with Crippen molar-refractivity contribution in [2.75, 3.05) is 38.8 Å². The summed E-state index contributed by atoms with van der Waals surface area (Å²) in [5.74, 6) is 0. The second-order valence-electron chi connectivity index (χ2n) is 4.99. The molecule has 1 fully saturated rings. The number of anilines is 1. The molecule has 1 heterocycles. The van der Waals surface area contributed by atoms with Crippen molar-refractivity contribution >= 4 is 16.5 Å². The largest absolute Gasteiger partial charge is 0.383 e. The summed E-state index contributed by atoms with van der Waals surface area (Å²) in [6.45, 7) is 6.24. The molecular formula is C14H25N3O2S. The predicted octanol–water partition coefficient (Wildman–Crippen LogP) is 2.01. The zero-order valence-electron chi connectivity index (χ0n) is 12.6. The van der Waals surface area contributed by atoms with E-state index in [0.717, 1.165) is 37.1 Å². The Balaban J connectivity index is 2.02. The molecule has 1 saturated carbocycles. The van der Waals surface area contributed by atoms with Crippen LogP contribution in [0.4, 0.5) is 5.13 Å². The molecule has 0 radical (unpaired) electrons. The summed E-state index contributed by atoms with van der Waals surface area (Å²) in [4.78, 5) is 8.47. The van der Waals surface area contributed by atoms with E-state index >= 15 is 0 Å². The fraction of sp³-hybridized carbons (Fsp3) is 0.786. The molecule has 2 rings (SSSR count). The SMILES string of the molecule is CCN(c1nc(COC)c(CNCCOC)s1)C1CC1. The molecule has 0 amide bonds. The Morgan fingerprint density at radius 2 is 2.15 bits per heavy atom. The van der Waals surface area contributed by atoms with Gasteiger partial charge in [0.1, 0.15) is 0 Å². The Kier molecular flexibility index (Phi) is 6.22. The molecule has 1 aromatic rings. The van der Waals surface area contributed by atoms with Crippen LogP contribution in [0.1, 0.15) is 30.3 Å². The van der Waals surface area contributed by atoms with E-state index in [1.54, 1.807) is 25.6 Å². The highest BCUT2D eigenvalue weighted by Gasteiger charge is 2.30. The molecule has 1 aliphatic carbocycles. The summed E-state index contributed by atoms with van der Waals surface area (Å²) in [5.41, 5.74) is 1.07. The Bertz CT molecular complexity index is 407. The number of hydrogen-bond donors (Lipinski definition) is 1. The molecule has 6 heteroatoms. The molecule has 1 aliphatic rings. The zero-order chi connectivity index (χ0) is 14.4. The smallest absolute Gasteiger partial charge is 0.186 e. The van der Waals surface area contributed by atoms with E-state index in [0.29, 0.717) is 12.6 Å². The maximum atomic E-state index is 5.27. The van der Waals surface area contributed by atoms with Gasteiger partial charge < -0.3 is 19.7 Å². The first kappa shape index (κ1) is 15.7. The fourth-order valence-corrected chi connectivity index (χ4v) is 3.36. The van der Waals surface area contributed by atoms with Crippen molar-refractivity contribution in [2.24, 2.45) is 0 Å². The second-order valence-corrected chi connectivity index (χ2v) is 6.05. The van der Waals surface area contributed by atoms with E-state index < -0.39 is 0 Å². The molecule has 0 aromatic carbocycles. The molecule has 0 unspecified atom stereocenters. The van der Waals surface area contributed by atoms with E-state index in [4.69, 9.17) is 14.5 Å². The third kappa shape index (κ3) is 4.15. The number of nitrogens with zero attached hydrogens (tertiary/aromatic N) is 2. The third-order valence-corrected chi connectivity index (χ3v) is 4.53. The van der Waals surface area contributed by atoms with Crippen LogP contribution in [0.3, 0.4) is 0 Å². The van der Waals surface area contributed by atoms with Crippen molar-refractivity contribution < 1.29 is 9.47 Å². The van der Waals surface area contributed by atoms with Gasteiger partial charge in [-0.15, -0.1) is 11.3 Å². The molecule has 20 heavy (non-hydrogen) atoms. The van der Waals surface area contributed by atoms with Gasteiger partial charge in [-0.1, -0.05) is 0 Å². The second kappa shape index (κ2) is 7.93. The van der Waals surface area contributed by atoms with Gasteiger partial charge in [0.25, 0.3) is 0 Å². The molecule has 0 atom stereocenters. The van der Waals surface area contributed by atoms with Crippen LogP contribution >= 0.6 is 11.3 Å². The van der Waals surface area contributed by atoms with Crippen molar-refractivity contribution in [1.29, 1.82) is 0 Å². The normalized spacial score (nSPS) is 14.8. The van der Waals surface area contributed by atoms with Gasteiger partial charge in [-0.2, -0.15) is 0 Å². The average molecular weight is 299 g/mol. The summed E-state index contributed by atoms with van der Waals surface area (Å²) in [7, 11) is 3.44. The standard InChI is InChI=1S/C14H25N3O2S/c1-4-17(11-5-6-11)14-16-12(10-19-3)13(20-14)9-15-7-8-18-2/h11,15H,4-10H2,1-3H3. The van der Waals surface area contributed by atoms with Gasteiger partial charge >= 0.3 is 0 Å². The van der Waals surface area contributed by atoms with Gasteiger partial charge in [0.05, 0.1) is 18.9 Å². The molecule has 0 bridgehead atoms. The number of nitrogens with one attached hydrogen (secondary N) is 1. The van der Waals surface area contributed by atoms with E-state index in [2.05, 4.69) is 17.1 Å². The summed E-state index contributed by atoms with van der Waals surface area (Å²) in [6.07, 6.45) is 2.60. The van der Waals surface area contributed by atoms with Crippen molar-refractivity contribution in [3.63, 3.8) is 0 Å². The Labute approximate surface area is 125 Å². The van der Waals surface area contributed by atoms with Gasteiger partial charge in [0.15, 0.2) is 5.13 Å². The number of methoxy groups -OCH3 is 2. The number of ether oxygens (including phenoxy) is 2. The molecule has 1 aromatic heterocycles. The summed E-state index contributed by atoms with van der Waals surface area (Å²) < 4.78 is 10.3. The Hall–Kier alpha value is -0.690. The quantitative estimate of drug-likeness (QED) is 0.670. The molecule has 0 saturated heterocycles. The van der Waals surface area contributed by atoms with E-state index in [-0.39, 0.29) is 0 Å². The maximum absolute atomic E-state index is 5.27. The zero-order valence-corrected chi connectivity index (χ0v) is 13.5. The van der Waals surface area contributed by atoms with E-state index in [1.165, 1.54) is 17.7 Å². The fourth-order valence-electron chi connectivity index (χ4n) is 2.19. The lowest BCUT2D eigenvalue weighted by Crippen LogP contribution is -2.24. The van der Waals surface area contributed by atoms with Gasteiger partial charge in [-0.3, -0.25) is 0 Å². The minimum absolute atomic E-state index is 0.583. The van der Waals surface area contributed by atoms with Gasteiger partial charge in [-0.25, -0.2) is 4.98 Å². The highest BCUT2D eigenvalue weighted by atomic mass is 32.1. The first-order valence-corrected chi connectivity index (χ1v) is 8.05. The Morgan fingerprint density at radius 1 is 1.35 bits per heavy atom. The van der Waals surface area contributed by atoms with Crippen molar-refractivity contribution in [2.45, 2.75) is 39.0 Å². The van der Waals surface area contributed by atoms with Gasteiger partial charge in [-0.05, 0) is 19.8 Å². The summed E-state index contributed by atoms with van der Waals surface area (Å²) >= 11 is 1.79. The minimum atomic E-state index is 0.583. The molecule has 1 N–H and O–H groups in total. The van der Waals surface area contributed by atoms with Gasteiger partial charge in [0.2, 0.25) is 0 Å².